The van der Waals surface area contributed by atoms with E-state index in [0.29, 0.717) is 5.92 Å². The minimum Gasteiger partial charge on any atom is -0.383 e. The van der Waals surface area contributed by atoms with Crippen LogP contribution in [0.15, 0.2) is 5.38 Å². The van der Waals surface area contributed by atoms with Crippen LogP contribution in [0.4, 0.5) is 0 Å². The monoisotopic (exact) mass is 213 g/mol. The van der Waals surface area contributed by atoms with Crippen LogP contribution in [0.1, 0.15) is 57.2 Å². The van der Waals surface area contributed by atoms with Gasteiger partial charge in [-0.2, -0.15) is 0 Å². The van der Waals surface area contributed by atoms with E-state index in [1.54, 1.807) is 25.2 Å². The lowest BCUT2D eigenvalue weighted by Crippen LogP contribution is -2.15. The molecule has 1 rings (SSSR count). The van der Waals surface area contributed by atoms with Gasteiger partial charge in [-0.3, -0.25) is 0 Å². The van der Waals surface area contributed by atoms with E-state index in [9.17, 15) is 5.11 Å². The fourth-order valence-corrected chi connectivity index (χ4v) is 2.34. The smallest absolute Gasteiger partial charge is 0.124 e. The molecule has 0 aliphatic carbocycles. The SMILES string of the molecule is CCCC(C)c1csc(C(C)(C)O)n1. The first-order valence-electron chi connectivity index (χ1n) is 5.13. The molecule has 0 fully saturated rings. The van der Waals surface area contributed by atoms with Crippen molar-refractivity contribution in [1.29, 1.82) is 0 Å². The van der Waals surface area contributed by atoms with Gasteiger partial charge in [0.15, 0.2) is 0 Å². The van der Waals surface area contributed by atoms with Crippen molar-refractivity contribution in [2.45, 2.75) is 52.1 Å². The predicted octanol–water partition coefficient (Wildman–Crippen LogP) is 3.27. The van der Waals surface area contributed by atoms with Crippen LogP contribution < -0.4 is 0 Å². The highest BCUT2D eigenvalue weighted by Crippen LogP contribution is 2.28. The van der Waals surface area contributed by atoms with E-state index in [2.05, 4.69) is 24.2 Å². The van der Waals surface area contributed by atoms with Crippen LogP contribution in [0, 0.1) is 0 Å². The maximum absolute atomic E-state index is 9.76. The molecule has 1 N–H and O–H groups in total. The molecule has 1 aromatic heterocycles. The zero-order valence-corrected chi connectivity index (χ0v) is 10.2. The third kappa shape index (κ3) is 2.79. The normalized spacial score (nSPS) is 14.4. The zero-order valence-electron chi connectivity index (χ0n) is 9.37. The van der Waals surface area contributed by atoms with Crippen LogP contribution in [0.5, 0.6) is 0 Å². The summed E-state index contributed by atoms with van der Waals surface area (Å²) in [7, 11) is 0. The van der Waals surface area contributed by atoms with Gasteiger partial charge in [0, 0.05) is 5.38 Å². The Morgan fingerprint density at radius 1 is 1.57 bits per heavy atom. The van der Waals surface area contributed by atoms with E-state index < -0.39 is 5.60 Å². The molecule has 1 aromatic rings. The molecule has 0 radical (unpaired) electrons. The Morgan fingerprint density at radius 2 is 2.21 bits per heavy atom. The predicted molar refractivity (Wildman–Crippen MR) is 60.7 cm³/mol. The summed E-state index contributed by atoms with van der Waals surface area (Å²) >= 11 is 1.55. The lowest BCUT2D eigenvalue weighted by atomic mass is 10.0. The summed E-state index contributed by atoms with van der Waals surface area (Å²) in [5.74, 6) is 0.507. The van der Waals surface area contributed by atoms with Crippen LogP contribution >= 0.6 is 11.3 Å². The first-order valence-corrected chi connectivity index (χ1v) is 6.01. The van der Waals surface area contributed by atoms with Crippen molar-refractivity contribution in [3.05, 3.63) is 16.1 Å². The van der Waals surface area contributed by atoms with Gasteiger partial charge in [0.05, 0.1) is 5.69 Å². The molecular weight excluding hydrogens is 194 g/mol. The molecule has 3 heteroatoms. The van der Waals surface area contributed by atoms with E-state index in [-0.39, 0.29) is 0 Å². The number of hydrogen-bond donors (Lipinski definition) is 1. The highest BCUT2D eigenvalue weighted by Gasteiger charge is 2.21. The minimum atomic E-state index is -0.797. The third-order valence-corrected chi connectivity index (χ3v) is 3.45. The van der Waals surface area contributed by atoms with Crippen LogP contribution in [-0.4, -0.2) is 10.1 Å². The Morgan fingerprint density at radius 3 is 2.64 bits per heavy atom. The number of aromatic nitrogens is 1. The molecule has 0 aliphatic rings. The standard InChI is InChI=1S/C11H19NOS/c1-5-6-8(2)9-7-14-10(12-9)11(3,4)13/h7-8,13H,5-6H2,1-4H3. The van der Waals surface area contributed by atoms with E-state index in [0.717, 1.165) is 17.1 Å². The molecule has 0 saturated carbocycles. The molecule has 14 heavy (non-hydrogen) atoms. The number of hydrogen-bond acceptors (Lipinski definition) is 3. The summed E-state index contributed by atoms with van der Waals surface area (Å²) in [5.41, 5.74) is 0.323. The average molecular weight is 213 g/mol. The molecule has 1 atom stereocenters. The average Bonchev–Trinajstić information content (AvgIpc) is 2.51. The van der Waals surface area contributed by atoms with Gasteiger partial charge in [0.1, 0.15) is 10.6 Å². The molecule has 1 heterocycles. The summed E-state index contributed by atoms with van der Waals surface area (Å²) in [5, 5.41) is 12.6. The van der Waals surface area contributed by atoms with Gasteiger partial charge in [-0.15, -0.1) is 11.3 Å². The molecule has 0 aliphatic heterocycles. The van der Waals surface area contributed by atoms with Crippen LogP contribution in [0.3, 0.4) is 0 Å². The van der Waals surface area contributed by atoms with Crippen molar-refractivity contribution in [2.24, 2.45) is 0 Å². The van der Waals surface area contributed by atoms with Crippen LogP contribution in [0.25, 0.3) is 0 Å². The Balaban J connectivity index is 2.78. The molecule has 0 aromatic carbocycles. The Kier molecular flexibility index (Phi) is 3.67. The van der Waals surface area contributed by atoms with Crippen molar-refractivity contribution >= 4 is 11.3 Å². The summed E-state index contributed by atoms with van der Waals surface area (Å²) in [4.78, 5) is 4.47. The largest absolute Gasteiger partial charge is 0.383 e. The van der Waals surface area contributed by atoms with Gasteiger partial charge in [0.2, 0.25) is 0 Å². The molecule has 80 valence electrons. The fourth-order valence-electron chi connectivity index (χ4n) is 1.37. The minimum absolute atomic E-state index is 0.507. The van der Waals surface area contributed by atoms with Crippen molar-refractivity contribution in [1.82, 2.24) is 4.98 Å². The summed E-state index contributed by atoms with van der Waals surface area (Å²) in [6.45, 7) is 7.92. The van der Waals surface area contributed by atoms with Crippen molar-refractivity contribution in [3.8, 4) is 0 Å². The number of rotatable bonds is 4. The summed E-state index contributed by atoms with van der Waals surface area (Å²) in [6, 6.07) is 0. The lowest BCUT2D eigenvalue weighted by Gasteiger charge is -2.13. The first-order chi connectivity index (χ1) is 6.45. The van der Waals surface area contributed by atoms with Gasteiger partial charge >= 0.3 is 0 Å². The zero-order chi connectivity index (χ0) is 10.8. The van der Waals surface area contributed by atoms with Gasteiger partial charge in [-0.1, -0.05) is 20.3 Å². The van der Waals surface area contributed by atoms with E-state index in [1.807, 2.05) is 0 Å². The lowest BCUT2D eigenvalue weighted by molar-refractivity contribution is 0.0780. The van der Waals surface area contributed by atoms with Gasteiger partial charge in [-0.05, 0) is 26.2 Å². The maximum atomic E-state index is 9.76. The number of thiazole rings is 1. The van der Waals surface area contributed by atoms with Crippen LogP contribution in [-0.2, 0) is 5.60 Å². The second-order valence-corrected chi connectivity index (χ2v) is 5.18. The van der Waals surface area contributed by atoms with Crippen molar-refractivity contribution < 1.29 is 5.11 Å². The molecule has 1 unspecified atom stereocenters. The molecular formula is C11H19NOS. The molecule has 0 spiro atoms. The highest BCUT2D eigenvalue weighted by atomic mass is 32.1. The molecule has 0 amide bonds. The van der Waals surface area contributed by atoms with E-state index in [1.165, 1.54) is 6.42 Å². The highest BCUT2D eigenvalue weighted by molar-refractivity contribution is 7.09. The Labute approximate surface area is 90.0 Å². The maximum Gasteiger partial charge on any atom is 0.124 e. The van der Waals surface area contributed by atoms with Crippen LogP contribution in [0.2, 0.25) is 0 Å². The quantitative estimate of drug-likeness (QED) is 0.832. The summed E-state index contributed by atoms with van der Waals surface area (Å²) in [6.07, 6.45) is 2.34. The second kappa shape index (κ2) is 4.41. The molecule has 2 nitrogen and oxygen atoms in total. The molecule has 0 saturated heterocycles. The van der Waals surface area contributed by atoms with E-state index in [4.69, 9.17) is 0 Å². The topological polar surface area (TPSA) is 33.1 Å². The van der Waals surface area contributed by atoms with Gasteiger partial charge < -0.3 is 5.11 Å². The van der Waals surface area contributed by atoms with Crippen molar-refractivity contribution in [2.75, 3.05) is 0 Å². The fraction of sp³-hybridized carbons (Fsp3) is 0.727. The summed E-state index contributed by atoms with van der Waals surface area (Å²) < 4.78 is 0. The third-order valence-electron chi connectivity index (χ3n) is 2.27. The van der Waals surface area contributed by atoms with Gasteiger partial charge in [0.25, 0.3) is 0 Å². The number of aliphatic hydroxyl groups is 1. The number of nitrogens with zero attached hydrogens (tertiary/aromatic N) is 1. The molecule has 0 bridgehead atoms. The van der Waals surface area contributed by atoms with Gasteiger partial charge in [-0.25, -0.2) is 4.98 Å². The second-order valence-electron chi connectivity index (χ2n) is 4.33. The Hall–Kier alpha value is -0.410. The van der Waals surface area contributed by atoms with Crippen molar-refractivity contribution in [3.63, 3.8) is 0 Å². The first kappa shape index (κ1) is 11.7. The Bertz CT molecular complexity index is 288. The van der Waals surface area contributed by atoms with E-state index >= 15 is 0 Å².